The van der Waals surface area contributed by atoms with Gasteiger partial charge in [0.2, 0.25) is 5.89 Å². The zero-order chi connectivity index (χ0) is 21.6. The maximum absolute atomic E-state index is 12.5. The molecule has 0 spiro atoms. The van der Waals surface area contributed by atoms with Crippen molar-refractivity contribution in [3.05, 3.63) is 88.6 Å². The molecule has 0 saturated carbocycles. The number of piperazine rings is 1. The molecule has 3 aromatic rings. The number of amides is 1. The number of carbonyl (C=O) groups is 1. The van der Waals surface area contributed by atoms with Crippen LogP contribution in [0, 0.1) is 0 Å². The van der Waals surface area contributed by atoms with Crippen LogP contribution in [0.5, 0.6) is 0 Å². The molecule has 162 valence electrons. The zero-order valence-corrected chi connectivity index (χ0v) is 18.4. The van der Waals surface area contributed by atoms with Crippen LogP contribution in [-0.4, -0.2) is 46.9 Å². The van der Waals surface area contributed by atoms with E-state index in [2.05, 4.69) is 44.4 Å². The van der Waals surface area contributed by atoms with Gasteiger partial charge < -0.3 is 9.73 Å². The molecule has 1 N–H and O–H groups in total. The molecule has 0 radical (unpaired) electrons. The second-order valence-electron chi connectivity index (χ2n) is 7.91. The fourth-order valence-corrected chi connectivity index (χ4v) is 3.86. The summed E-state index contributed by atoms with van der Waals surface area (Å²) in [6, 6.07) is 17.8. The minimum Gasteiger partial charge on any atom is -0.447 e. The van der Waals surface area contributed by atoms with Gasteiger partial charge in [-0.3, -0.25) is 14.6 Å². The van der Waals surface area contributed by atoms with Gasteiger partial charge in [0.1, 0.15) is 6.26 Å². The third-order valence-electron chi connectivity index (χ3n) is 5.57. The zero-order valence-electron chi connectivity index (χ0n) is 17.6. The first-order valence-corrected chi connectivity index (χ1v) is 10.9. The number of aromatic nitrogens is 1. The van der Waals surface area contributed by atoms with Crippen molar-refractivity contribution in [3.8, 4) is 0 Å². The van der Waals surface area contributed by atoms with Gasteiger partial charge in [-0.05, 0) is 30.2 Å². The van der Waals surface area contributed by atoms with E-state index >= 15 is 0 Å². The maximum Gasteiger partial charge on any atom is 0.273 e. The van der Waals surface area contributed by atoms with Crippen LogP contribution < -0.4 is 5.32 Å². The largest absolute Gasteiger partial charge is 0.447 e. The molecule has 6 nitrogen and oxygen atoms in total. The average molecular weight is 439 g/mol. The molecule has 1 fully saturated rings. The molecule has 7 heteroatoms. The lowest BCUT2D eigenvalue weighted by atomic mass is 10.1. The highest BCUT2D eigenvalue weighted by Gasteiger charge is 2.20. The number of halogens is 1. The van der Waals surface area contributed by atoms with Crippen LogP contribution in [0.15, 0.2) is 65.3 Å². The summed E-state index contributed by atoms with van der Waals surface area (Å²) in [5.41, 5.74) is 2.63. The maximum atomic E-state index is 12.5. The van der Waals surface area contributed by atoms with E-state index in [0.29, 0.717) is 23.2 Å². The normalized spacial score (nSPS) is 16.2. The number of oxazole rings is 1. The van der Waals surface area contributed by atoms with Crippen molar-refractivity contribution < 1.29 is 9.21 Å². The third kappa shape index (κ3) is 5.94. The van der Waals surface area contributed by atoms with Crippen molar-refractivity contribution in [2.45, 2.75) is 26.1 Å². The van der Waals surface area contributed by atoms with Crippen molar-refractivity contribution in [2.75, 3.05) is 26.2 Å². The van der Waals surface area contributed by atoms with Crippen LogP contribution in [-0.2, 0) is 13.1 Å². The summed E-state index contributed by atoms with van der Waals surface area (Å²) in [6.45, 7) is 7.41. The molecule has 1 saturated heterocycles. The highest BCUT2D eigenvalue weighted by molar-refractivity contribution is 6.30. The lowest BCUT2D eigenvalue weighted by Crippen LogP contribution is -2.45. The van der Waals surface area contributed by atoms with Crippen LogP contribution in [0.25, 0.3) is 0 Å². The lowest BCUT2D eigenvalue weighted by Gasteiger charge is -2.34. The van der Waals surface area contributed by atoms with E-state index in [1.807, 2.05) is 37.3 Å². The average Bonchev–Trinajstić information content (AvgIpc) is 3.25. The summed E-state index contributed by atoms with van der Waals surface area (Å²) in [7, 11) is 0. The van der Waals surface area contributed by atoms with Gasteiger partial charge in [0.25, 0.3) is 5.91 Å². The van der Waals surface area contributed by atoms with Crippen molar-refractivity contribution in [2.24, 2.45) is 0 Å². The van der Waals surface area contributed by atoms with Gasteiger partial charge in [0.15, 0.2) is 5.69 Å². The molecule has 1 atom stereocenters. The molecule has 2 heterocycles. The molecule has 1 amide bonds. The summed E-state index contributed by atoms with van der Waals surface area (Å²) >= 11 is 5.93. The fourth-order valence-electron chi connectivity index (χ4n) is 3.73. The van der Waals surface area contributed by atoms with Crippen molar-refractivity contribution in [1.82, 2.24) is 20.1 Å². The molecule has 31 heavy (non-hydrogen) atoms. The summed E-state index contributed by atoms with van der Waals surface area (Å²) in [5, 5.41) is 3.62. The predicted octanol–water partition coefficient (Wildman–Crippen LogP) is 4.14. The summed E-state index contributed by atoms with van der Waals surface area (Å²) in [5.74, 6) is 0.325. The molecule has 1 aliphatic rings. The van der Waals surface area contributed by atoms with Crippen molar-refractivity contribution in [3.63, 3.8) is 0 Å². The highest BCUT2D eigenvalue weighted by Crippen LogP contribution is 2.17. The SMILES string of the molecule is CC(NC(=O)c1coc(CN2CCN(Cc3ccccc3)CC2)n1)c1ccc(Cl)cc1. The third-order valence-corrected chi connectivity index (χ3v) is 5.83. The number of nitrogens with one attached hydrogen (secondary N) is 1. The number of nitrogens with zero attached hydrogens (tertiary/aromatic N) is 3. The van der Waals surface area contributed by atoms with Gasteiger partial charge in [0, 0.05) is 37.7 Å². The second-order valence-corrected chi connectivity index (χ2v) is 8.35. The van der Waals surface area contributed by atoms with Crippen LogP contribution >= 0.6 is 11.6 Å². The van der Waals surface area contributed by atoms with E-state index < -0.39 is 0 Å². The monoisotopic (exact) mass is 438 g/mol. The Bertz CT molecular complexity index is 982. The molecule has 0 bridgehead atoms. The predicted molar refractivity (Wildman–Crippen MR) is 121 cm³/mol. The lowest BCUT2D eigenvalue weighted by molar-refractivity contribution is 0.0934. The molecule has 1 aromatic heterocycles. The molecular formula is C24H27ClN4O2. The highest BCUT2D eigenvalue weighted by atomic mass is 35.5. The van der Waals surface area contributed by atoms with Gasteiger partial charge >= 0.3 is 0 Å². The van der Waals surface area contributed by atoms with Crippen LogP contribution in [0.4, 0.5) is 0 Å². The Hall–Kier alpha value is -2.67. The molecule has 0 aliphatic carbocycles. The Morgan fingerprint density at radius 3 is 2.35 bits per heavy atom. The molecular weight excluding hydrogens is 412 g/mol. The van der Waals surface area contributed by atoms with Gasteiger partial charge in [-0.2, -0.15) is 0 Å². The number of carbonyl (C=O) groups excluding carboxylic acids is 1. The van der Waals surface area contributed by atoms with Gasteiger partial charge in [-0.25, -0.2) is 4.98 Å². The number of rotatable bonds is 7. The first kappa shape index (κ1) is 21.6. The minimum atomic E-state index is -0.245. The Morgan fingerprint density at radius 1 is 1.03 bits per heavy atom. The van der Waals surface area contributed by atoms with Gasteiger partial charge in [-0.15, -0.1) is 0 Å². The molecule has 2 aromatic carbocycles. The smallest absolute Gasteiger partial charge is 0.273 e. The number of hydrogen-bond donors (Lipinski definition) is 1. The Kier molecular flexibility index (Phi) is 7.02. The summed E-state index contributed by atoms with van der Waals surface area (Å²) in [4.78, 5) is 21.7. The first-order valence-electron chi connectivity index (χ1n) is 10.6. The number of benzene rings is 2. The van der Waals surface area contributed by atoms with Gasteiger partial charge in [0.05, 0.1) is 12.6 Å². The van der Waals surface area contributed by atoms with Crippen LogP contribution in [0.2, 0.25) is 5.02 Å². The van der Waals surface area contributed by atoms with E-state index in [1.165, 1.54) is 11.8 Å². The van der Waals surface area contributed by atoms with Gasteiger partial charge in [-0.1, -0.05) is 54.1 Å². The number of hydrogen-bond acceptors (Lipinski definition) is 5. The van der Waals surface area contributed by atoms with E-state index in [0.717, 1.165) is 38.3 Å². The quantitative estimate of drug-likeness (QED) is 0.600. The Balaban J connectivity index is 1.25. The topological polar surface area (TPSA) is 61.6 Å². The van der Waals surface area contributed by atoms with E-state index in [4.69, 9.17) is 16.0 Å². The molecule has 1 unspecified atom stereocenters. The fraction of sp³-hybridized carbons (Fsp3) is 0.333. The summed E-state index contributed by atoms with van der Waals surface area (Å²) < 4.78 is 5.57. The summed E-state index contributed by atoms with van der Waals surface area (Å²) in [6.07, 6.45) is 1.44. The van der Waals surface area contributed by atoms with Crippen LogP contribution in [0.3, 0.4) is 0 Å². The standard InChI is InChI=1S/C24H27ClN4O2/c1-18(20-7-9-21(25)10-8-20)26-24(30)22-17-31-23(27-22)16-29-13-11-28(12-14-29)15-19-5-3-2-4-6-19/h2-10,17-18H,11-16H2,1H3,(H,26,30). The Morgan fingerprint density at radius 2 is 1.68 bits per heavy atom. The van der Waals surface area contributed by atoms with Crippen LogP contribution in [0.1, 0.15) is 40.5 Å². The second kappa shape index (κ2) is 10.1. The minimum absolute atomic E-state index is 0.150. The van der Waals surface area contributed by atoms with Crippen molar-refractivity contribution >= 4 is 17.5 Å². The molecule has 1 aliphatic heterocycles. The molecule has 4 rings (SSSR count). The Labute approximate surface area is 187 Å². The van der Waals surface area contributed by atoms with E-state index in [9.17, 15) is 4.79 Å². The van der Waals surface area contributed by atoms with E-state index in [-0.39, 0.29) is 11.9 Å². The van der Waals surface area contributed by atoms with E-state index in [1.54, 1.807) is 0 Å². The van der Waals surface area contributed by atoms with Crippen molar-refractivity contribution in [1.29, 1.82) is 0 Å². The first-order chi connectivity index (χ1) is 15.1.